The Morgan fingerprint density at radius 1 is 1.25 bits per heavy atom. The van der Waals surface area contributed by atoms with Crippen molar-refractivity contribution in [2.45, 2.75) is 47.0 Å². The molecule has 1 aromatic rings. The molecule has 0 unspecified atom stereocenters. The predicted octanol–water partition coefficient (Wildman–Crippen LogP) is 4.32. The predicted molar refractivity (Wildman–Crippen MR) is 90.5 cm³/mol. The van der Waals surface area contributed by atoms with Crippen LogP contribution in [0.2, 0.25) is 0 Å². The zero-order valence-electron chi connectivity index (χ0n) is 13.1. The van der Waals surface area contributed by atoms with Gasteiger partial charge >= 0.3 is 0 Å². The van der Waals surface area contributed by atoms with Crippen molar-refractivity contribution in [2.75, 3.05) is 29.9 Å². The van der Waals surface area contributed by atoms with E-state index in [4.69, 9.17) is 0 Å². The van der Waals surface area contributed by atoms with Gasteiger partial charge < -0.3 is 10.2 Å². The summed E-state index contributed by atoms with van der Waals surface area (Å²) in [6.45, 7) is 11.7. The fourth-order valence-corrected chi connectivity index (χ4v) is 2.57. The number of anilines is 2. The van der Waals surface area contributed by atoms with E-state index in [1.165, 1.54) is 12.8 Å². The van der Waals surface area contributed by atoms with Gasteiger partial charge in [-0.25, -0.2) is 4.98 Å². The second kappa shape index (κ2) is 9.16. The minimum atomic E-state index is 0.712. The SMILES string of the molecule is CCCNc1ncc(Br)c(N(CC)CC(CC)CC)n1. The van der Waals surface area contributed by atoms with Gasteiger partial charge in [-0.1, -0.05) is 33.6 Å². The lowest BCUT2D eigenvalue weighted by atomic mass is 10.0. The van der Waals surface area contributed by atoms with Gasteiger partial charge in [-0.2, -0.15) is 4.98 Å². The van der Waals surface area contributed by atoms with Crippen LogP contribution >= 0.6 is 15.9 Å². The molecule has 4 nitrogen and oxygen atoms in total. The topological polar surface area (TPSA) is 41.1 Å². The molecule has 0 radical (unpaired) electrons. The smallest absolute Gasteiger partial charge is 0.224 e. The van der Waals surface area contributed by atoms with Gasteiger partial charge in [0.25, 0.3) is 0 Å². The fourth-order valence-electron chi connectivity index (χ4n) is 2.13. The summed E-state index contributed by atoms with van der Waals surface area (Å²) in [5.41, 5.74) is 0. The van der Waals surface area contributed by atoms with E-state index in [1.807, 2.05) is 6.20 Å². The standard InChI is InChI=1S/C15H27BrN4/c1-5-9-17-15-18-10-13(16)14(19-15)20(8-4)11-12(6-2)7-3/h10,12H,5-9,11H2,1-4H3,(H,17,18,19). The van der Waals surface area contributed by atoms with Crippen LogP contribution in [0.25, 0.3) is 0 Å². The van der Waals surface area contributed by atoms with Crippen molar-refractivity contribution in [3.63, 3.8) is 0 Å². The quantitative estimate of drug-likeness (QED) is 0.725. The van der Waals surface area contributed by atoms with E-state index >= 15 is 0 Å². The lowest BCUT2D eigenvalue weighted by Gasteiger charge is -2.27. The minimum Gasteiger partial charge on any atom is -0.356 e. The van der Waals surface area contributed by atoms with Gasteiger partial charge in [0.2, 0.25) is 5.95 Å². The van der Waals surface area contributed by atoms with Crippen molar-refractivity contribution in [2.24, 2.45) is 5.92 Å². The molecule has 0 amide bonds. The summed E-state index contributed by atoms with van der Waals surface area (Å²) in [7, 11) is 0. The lowest BCUT2D eigenvalue weighted by molar-refractivity contribution is 0.484. The average molecular weight is 343 g/mol. The Bertz CT molecular complexity index is 393. The lowest BCUT2D eigenvalue weighted by Crippen LogP contribution is -2.30. The van der Waals surface area contributed by atoms with E-state index in [0.717, 1.165) is 36.3 Å². The number of nitrogens with one attached hydrogen (secondary N) is 1. The van der Waals surface area contributed by atoms with Crippen LogP contribution in [0.5, 0.6) is 0 Å². The van der Waals surface area contributed by atoms with Gasteiger partial charge in [-0.3, -0.25) is 0 Å². The number of aromatic nitrogens is 2. The summed E-state index contributed by atoms with van der Waals surface area (Å²) in [5.74, 6) is 2.42. The van der Waals surface area contributed by atoms with Crippen LogP contribution < -0.4 is 10.2 Å². The van der Waals surface area contributed by atoms with Crippen molar-refractivity contribution < 1.29 is 0 Å². The Hall–Kier alpha value is -0.840. The van der Waals surface area contributed by atoms with E-state index in [0.29, 0.717) is 11.9 Å². The summed E-state index contributed by atoms with van der Waals surface area (Å²) in [5, 5.41) is 3.25. The monoisotopic (exact) mass is 342 g/mol. The van der Waals surface area contributed by atoms with Crippen LogP contribution in [0.4, 0.5) is 11.8 Å². The van der Waals surface area contributed by atoms with E-state index in [-0.39, 0.29) is 0 Å². The van der Waals surface area contributed by atoms with Crippen molar-refractivity contribution in [3.05, 3.63) is 10.7 Å². The molecular weight excluding hydrogens is 316 g/mol. The summed E-state index contributed by atoms with van der Waals surface area (Å²) in [4.78, 5) is 11.3. The van der Waals surface area contributed by atoms with Crippen LogP contribution in [0.15, 0.2) is 10.7 Å². The van der Waals surface area contributed by atoms with Gasteiger partial charge in [-0.15, -0.1) is 0 Å². The van der Waals surface area contributed by atoms with Crippen LogP contribution in [-0.4, -0.2) is 29.6 Å². The molecule has 0 saturated carbocycles. The van der Waals surface area contributed by atoms with Crippen LogP contribution in [0.3, 0.4) is 0 Å². The van der Waals surface area contributed by atoms with Crippen molar-refractivity contribution in [1.82, 2.24) is 9.97 Å². The Balaban J connectivity index is 2.89. The Morgan fingerprint density at radius 2 is 1.95 bits per heavy atom. The molecular formula is C15H27BrN4. The molecule has 0 atom stereocenters. The highest BCUT2D eigenvalue weighted by atomic mass is 79.9. The van der Waals surface area contributed by atoms with Gasteiger partial charge in [0, 0.05) is 25.8 Å². The molecule has 0 aliphatic heterocycles. The molecule has 0 aromatic carbocycles. The summed E-state index contributed by atoms with van der Waals surface area (Å²) in [6, 6.07) is 0. The first-order chi connectivity index (χ1) is 9.65. The number of nitrogens with zero attached hydrogens (tertiary/aromatic N) is 3. The number of hydrogen-bond acceptors (Lipinski definition) is 4. The minimum absolute atomic E-state index is 0.712. The molecule has 20 heavy (non-hydrogen) atoms. The number of rotatable bonds is 9. The summed E-state index contributed by atoms with van der Waals surface area (Å²) >= 11 is 3.58. The Labute approximate surface area is 131 Å². The summed E-state index contributed by atoms with van der Waals surface area (Å²) in [6.07, 6.45) is 5.32. The van der Waals surface area contributed by atoms with E-state index in [2.05, 4.69) is 63.8 Å². The highest BCUT2D eigenvalue weighted by Crippen LogP contribution is 2.26. The second-order valence-corrected chi connectivity index (χ2v) is 5.87. The molecule has 0 aliphatic rings. The third kappa shape index (κ3) is 4.93. The van der Waals surface area contributed by atoms with E-state index in [9.17, 15) is 0 Å². The van der Waals surface area contributed by atoms with Gasteiger partial charge in [0.1, 0.15) is 5.82 Å². The number of hydrogen-bond donors (Lipinski definition) is 1. The van der Waals surface area contributed by atoms with E-state index < -0.39 is 0 Å². The molecule has 5 heteroatoms. The first-order valence-corrected chi connectivity index (χ1v) is 8.46. The molecule has 0 aliphatic carbocycles. The first kappa shape index (κ1) is 17.2. The maximum absolute atomic E-state index is 4.66. The maximum Gasteiger partial charge on any atom is 0.224 e. The highest BCUT2D eigenvalue weighted by molar-refractivity contribution is 9.10. The molecule has 0 bridgehead atoms. The molecule has 0 saturated heterocycles. The second-order valence-electron chi connectivity index (χ2n) is 5.01. The molecule has 0 fully saturated rings. The van der Waals surface area contributed by atoms with Crippen LogP contribution in [0, 0.1) is 5.92 Å². The zero-order valence-corrected chi connectivity index (χ0v) is 14.7. The molecule has 1 heterocycles. The fraction of sp³-hybridized carbons (Fsp3) is 0.733. The van der Waals surface area contributed by atoms with Crippen LogP contribution in [-0.2, 0) is 0 Å². The molecule has 1 aromatic heterocycles. The molecule has 114 valence electrons. The van der Waals surface area contributed by atoms with Crippen LogP contribution in [0.1, 0.15) is 47.0 Å². The average Bonchev–Trinajstić information content (AvgIpc) is 2.48. The van der Waals surface area contributed by atoms with Crippen molar-refractivity contribution in [3.8, 4) is 0 Å². The van der Waals surface area contributed by atoms with E-state index in [1.54, 1.807) is 0 Å². The number of halogens is 1. The van der Waals surface area contributed by atoms with Gasteiger partial charge in [0.05, 0.1) is 4.47 Å². The summed E-state index contributed by atoms with van der Waals surface area (Å²) < 4.78 is 0.965. The maximum atomic E-state index is 4.66. The van der Waals surface area contributed by atoms with Crippen molar-refractivity contribution in [1.29, 1.82) is 0 Å². The highest BCUT2D eigenvalue weighted by Gasteiger charge is 2.15. The van der Waals surface area contributed by atoms with Crippen molar-refractivity contribution >= 4 is 27.7 Å². The first-order valence-electron chi connectivity index (χ1n) is 7.67. The van der Waals surface area contributed by atoms with Gasteiger partial charge in [-0.05, 0) is 35.2 Å². The third-order valence-electron chi connectivity index (χ3n) is 3.57. The third-order valence-corrected chi connectivity index (χ3v) is 4.13. The Morgan fingerprint density at radius 3 is 2.50 bits per heavy atom. The zero-order chi connectivity index (χ0) is 15.0. The normalized spacial score (nSPS) is 10.9. The largest absolute Gasteiger partial charge is 0.356 e. The molecule has 1 N–H and O–H groups in total. The molecule has 0 spiro atoms. The molecule has 1 rings (SSSR count). The Kier molecular flexibility index (Phi) is 7.88. The van der Waals surface area contributed by atoms with Gasteiger partial charge in [0.15, 0.2) is 0 Å².